The molecule has 10 aromatic rings. The Bertz CT molecular complexity index is 3460. The number of thiophene rings is 1. The van der Waals surface area contributed by atoms with Gasteiger partial charge in [-0.3, -0.25) is 0 Å². The highest BCUT2D eigenvalue weighted by molar-refractivity contribution is 7.33. The van der Waals surface area contributed by atoms with Crippen molar-refractivity contribution in [3.05, 3.63) is 186 Å². The maximum atomic E-state index is 2.66. The number of benzene rings is 9. The smallest absolute Gasteiger partial charge is 0.264 e. The van der Waals surface area contributed by atoms with Crippen molar-refractivity contribution in [2.75, 3.05) is 9.80 Å². The Balaban J connectivity index is 1.13. The molecule has 12 rings (SSSR count). The molecular formula is C62H55BN2S. The lowest BCUT2D eigenvalue weighted by Crippen LogP contribution is -2.60. The van der Waals surface area contributed by atoms with Crippen LogP contribution in [0.5, 0.6) is 0 Å². The second kappa shape index (κ2) is 16.7. The van der Waals surface area contributed by atoms with Crippen LogP contribution >= 0.6 is 11.3 Å². The molecule has 66 heavy (non-hydrogen) atoms. The van der Waals surface area contributed by atoms with Crippen molar-refractivity contribution < 1.29 is 0 Å². The van der Waals surface area contributed by atoms with Crippen LogP contribution in [0.1, 0.15) is 75.6 Å². The summed E-state index contributed by atoms with van der Waals surface area (Å²) in [7, 11) is 0. The average molecular weight is 871 g/mol. The standard InChI is InChI=1S/C62H55BN2S/c1-5-15-40-27-31-45(32-28-40)65-57-38-43(18-8-4)37-56-60(57)63(62-61(65)53-35-41(16-6-2)30-34-58(53)66-62)54-36-42(17-7-3)29-33-55(54)64(56)46-20-13-19-44(39-46)47-25-14-26-52-50-22-10-9-21-48(50)49-23-11-12-24-51(49)59(47)52/h9-14,19-39H,5-8,15-18H2,1-4H3. The lowest BCUT2D eigenvalue weighted by Gasteiger charge is -2.43. The highest BCUT2D eigenvalue weighted by atomic mass is 32.1. The number of fused-ring (bicyclic) bond motifs is 12. The number of nitrogens with zero attached hydrogens (tertiary/aromatic N) is 2. The Morgan fingerprint density at radius 1 is 0.424 bits per heavy atom. The lowest BCUT2D eigenvalue weighted by molar-refractivity contribution is 0.920. The van der Waals surface area contributed by atoms with Crippen LogP contribution in [-0.2, 0) is 25.7 Å². The van der Waals surface area contributed by atoms with Crippen LogP contribution in [0.25, 0.3) is 53.5 Å². The van der Waals surface area contributed by atoms with Crippen LogP contribution in [0.2, 0.25) is 0 Å². The van der Waals surface area contributed by atoms with Crippen molar-refractivity contribution in [3.63, 3.8) is 0 Å². The van der Waals surface area contributed by atoms with Crippen LogP contribution in [-0.4, -0.2) is 6.71 Å². The largest absolute Gasteiger partial charge is 0.311 e. The maximum absolute atomic E-state index is 2.66. The molecule has 4 heteroatoms. The van der Waals surface area contributed by atoms with Crippen LogP contribution in [0.4, 0.5) is 34.1 Å². The number of hydrogen-bond acceptors (Lipinski definition) is 3. The Hall–Kier alpha value is -6.62. The van der Waals surface area contributed by atoms with E-state index in [-0.39, 0.29) is 6.71 Å². The highest BCUT2D eigenvalue weighted by Gasteiger charge is 2.45. The van der Waals surface area contributed by atoms with Gasteiger partial charge in [0.2, 0.25) is 0 Å². The molecule has 0 fully saturated rings. The van der Waals surface area contributed by atoms with Gasteiger partial charge in [0.25, 0.3) is 6.71 Å². The van der Waals surface area contributed by atoms with E-state index >= 15 is 0 Å². The van der Waals surface area contributed by atoms with E-state index in [0.29, 0.717) is 0 Å². The summed E-state index contributed by atoms with van der Waals surface area (Å²) in [6.45, 7) is 9.30. The van der Waals surface area contributed by atoms with Crippen LogP contribution in [0.15, 0.2) is 164 Å². The normalized spacial score (nSPS) is 12.9. The molecule has 322 valence electrons. The molecule has 9 aromatic carbocycles. The predicted octanol–water partition coefficient (Wildman–Crippen LogP) is 15.9. The van der Waals surface area contributed by atoms with Gasteiger partial charge in [0.05, 0.1) is 5.69 Å². The molecular weight excluding hydrogens is 816 g/mol. The van der Waals surface area contributed by atoms with Crippen molar-refractivity contribution in [1.82, 2.24) is 0 Å². The lowest BCUT2D eigenvalue weighted by atomic mass is 9.36. The molecule has 0 unspecified atom stereocenters. The van der Waals surface area contributed by atoms with Gasteiger partial charge in [0, 0.05) is 43.3 Å². The van der Waals surface area contributed by atoms with Crippen LogP contribution < -0.4 is 25.5 Å². The third kappa shape index (κ3) is 6.51. The van der Waals surface area contributed by atoms with E-state index in [0.717, 1.165) is 51.4 Å². The summed E-state index contributed by atoms with van der Waals surface area (Å²) in [5.74, 6) is 0. The van der Waals surface area contributed by atoms with E-state index in [2.05, 4.69) is 201 Å². The summed E-state index contributed by atoms with van der Waals surface area (Å²) in [5.41, 5.74) is 18.6. The summed E-state index contributed by atoms with van der Waals surface area (Å²) in [4.78, 5) is 5.29. The van der Waals surface area contributed by atoms with Gasteiger partial charge in [0.1, 0.15) is 0 Å². The average Bonchev–Trinajstić information content (AvgIpc) is 3.73. The van der Waals surface area contributed by atoms with Gasteiger partial charge in [-0.1, -0.05) is 163 Å². The second-order valence-electron chi connectivity index (χ2n) is 18.7. The van der Waals surface area contributed by atoms with E-state index in [1.54, 1.807) is 0 Å². The van der Waals surface area contributed by atoms with E-state index in [9.17, 15) is 0 Å². The predicted molar refractivity (Wildman–Crippen MR) is 290 cm³/mol. The van der Waals surface area contributed by atoms with Gasteiger partial charge in [-0.05, 0) is 157 Å². The maximum Gasteiger partial charge on any atom is 0.264 e. The van der Waals surface area contributed by atoms with E-state index < -0.39 is 0 Å². The van der Waals surface area contributed by atoms with Crippen molar-refractivity contribution in [3.8, 4) is 11.1 Å². The molecule has 0 saturated heterocycles. The highest BCUT2D eigenvalue weighted by Crippen LogP contribution is 2.49. The molecule has 0 aliphatic carbocycles. The van der Waals surface area contributed by atoms with Crippen molar-refractivity contribution in [2.24, 2.45) is 0 Å². The first-order valence-electron chi connectivity index (χ1n) is 24.5. The Kier molecular flexibility index (Phi) is 10.3. The van der Waals surface area contributed by atoms with Gasteiger partial charge < -0.3 is 9.80 Å². The third-order valence-corrected chi connectivity index (χ3v) is 15.6. The molecule has 0 bridgehead atoms. The zero-order valence-electron chi connectivity index (χ0n) is 38.6. The number of aryl methyl sites for hydroxylation is 4. The summed E-state index contributed by atoms with van der Waals surface area (Å²) >= 11 is 2.01. The Morgan fingerprint density at radius 2 is 1.00 bits per heavy atom. The first kappa shape index (κ1) is 40.9. The first-order chi connectivity index (χ1) is 32.6. The van der Waals surface area contributed by atoms with Gasteiger partial charge in [-0.15, -0.1) is 11.3 Å². The SMILES string of the molecule is CCCc1ccc(N2c3cc(CCC)cc4c3B(c3cc(CCC)ccc3N4c3cccc(-c4cccc5c6ccccc6c6ccccc6c45)c3)c3sc4ccc(CCC)cc4c32)cc1. The van der Waals surface area contributed by atoms with Crippen LogP contribution in [0.3, 0.4) is 0 Å². The Labute approximate surface area is 394 Å². The minimum atomic E-state index is 0.104. The number of anilines is 6. The molecule has 2 aliphatic rings. The van der Waals surface area contributed by atoms with Crippen molar-refractivity contribution >= 4 is 110 Å². The molecule has 3 heterocycles. The fraction of sp³-hybridized carbons (Fsp3) is 0.194. The van der Waals surface area contributed by atoms with E-state index in [1.807, 2.05) is 11.3 Å². The first-order valence-corrected chi connectivity index (χ1v) is 25.3. The molecule has 1 aromatic heterocycles. The number of hydrogen-bond donors (Lipinski definition) is 0. The molecule has 0 spiro atoms. The fourth-order valence-corrected chi connectivity index (χ4v) is 12.9. The van der Waals surface area contributed by atoms with Crippen molar-refractivity contribution in [1.29, 1.82) is 0 Å². The van der Waals surface area contributed by atoms with Gasteiger partial charge in [0.15, 0.2) is 0 Å². The molecule has 0 amide bonds. The molecule has 0 saturated carbocycles. The Morgan fingerprint density at radius 3 is 1.71 bits per heavy atom. The molecule has 0 N–H and O–H groups in total. The van der Waals surface area contributed by atoms with Crippen molar-refractivity contribution in [2.45, 2.75) is 79.1 Å². The zero-order chi connectivity index (χ0) is 44.5. The van der Waals surface area contributed by atoms with E-state index in [4.69, 9.17) is 0 Å². The molecule has 0 atom stereocenters. The third-order valence-electron chi connectivity index (χ3n) is 14.4. The molecule has 2 nitrogen and oxygen atoms in total. The topological polar surface area (TPSA) is 6.48 Å². The monoisotopic (exact) mass is 870 g/mol. The summed E-state index contributed by atoms with van der Waals surface area (Å²) in [6.07, 6.45) is 8.71. The van der Waals surface area contributed by atoms with Gasteiger partial charge in [-0.2, -0.15) is 0 Å². The molecule has 2 aliphatic heterocycles. The fourth-order valence-electron chi connectivity index (χ4n) is 11.6. The summed E-state index contributed by atoms with van der Waals surface area (Å²) in [6, 6.07) is 63.6. The minimum Gasteiger partial charge on any atom is -0.311 e. The summed E-state index contributed by atoms with van der Waals surface area (Å²) in [5, 5.41) is 9.19. The molecule has 0 radical (unpaired) electrons. The summed E-state index contributed by atoms with van der Waals surface area (Å²) < 4.78 is 2.82. The van der Waals surface area contributed by atoms with Gasteiger partial charge in [-0.25, -0.2) is 0 Å². The number of rotatable bonds is 11. The van der Waals surface area contributed by atoms with Crippen LogP contribution in [0, 0.1) is 0 Å². The van der Waals surface area contributed by atoms with E-state index in [1.165, 1.54) is 126 Å². The zero-order valence-corrected chi connectivity index (χ0v) is 39.4. The second-order valence-corrected chi connectivity index (χ2v) is 19.8. The van der Waals surface area contributed by atoms with Gasteiger partial charge >= 0.3 is 0 Å². The minimum absolute atomic E-state index is 0.104. The quantitative estimate of drug-likeness (QED) is 0.0944.